The maximum atomic E-state index is 10.9. The van der Waals surface area contributed by atoms with Gasteiger partial charge in [-0.05, 0) is 39.3 Å². The quantitative estimate of drug-likeness (QED) is 0.714. The highest BCUT2D eigenvalue weighted by Crippen LogP contribution is 2.12. The predicted molar refractivity (Wildman–Crippen MR) is 67.8 cm³/mol. The minimum absolute atomic E-state index is 0.317. The Hall–Kier alpha value is 0.0406. The molecule has 0 aliphatic heterocycles. The van der Waals surface area contributed by atoms with Crippen LogP contribution < -0.4 is 0 Å². The zero-order chi connectivity index (χ0) is 12.3. The van der Waals surface area contributed by atoms with Gasteiger partial charge in [0.2, 0.25) is 0 Å². The van der Waals surface area contributed by atoms with E-state index in [-0.39, 0.29) is 5.97 Å². The minimum atomic E-state index is -2.27. The number of hydrogen-bond donors (Lipinski definition) is 0. The Bertz CT molecular complexity index is 203. The Morgan fingerprint density at radius 1 is 0.933 bits per heavy atom. The maximum absolute atomic E-state index is 10.9. The fourth-order valence-electron chi connectivity index (χ4n) is 0.785. The van der Waals surface area contributed by atoms with Crippen molar-refractivity contribution in [3.05, 3.63) is 0 Å². The molecule has 0 N–H and O–H groups in total. The molecule has 0 atom stereocenters. The molecule has 0 aromatic carbocycles. The van der Waals surface area contributed by atoms with Gasteiger partial charge in [0.15, 0.2) is 16.6 Å². The second kappa shape index (κ2) is 5.39. The molecule has 90 valence electrons. The summed E-state index contributed by atoms with van der Waals surface area (Å²) in [5.74, 6) is -0.317. The average Bonchev–Trinajstić information content (AvgIpc) is 1.73. The molecule has 4 nitrogen and oxygen atoms in total. The molecule has 0 aliphatic rings. The van der Waals surface area contributed by atoms with Crippen molar-refractivity contribution in [1.29, 1.82) is 0 Å². The van der Waals surface area contributed by atoms with Crippen LogP contribution in [0.5, 0.6) is 0 Å². The zero-order valence-electron chi connectivity index (χ0n) is 10.7. The van der Waals surface area contributed by atoms with Crippen LogP contribution in [0, 0.1) is 0 Å². The third kappa shape index (κ3) is 10.3. The SMILES string of the molecule is CC(=O)O[SiH](O[Si](C)(C)C)O[Si](C)(C)C. The van der Waals surface area contributed by atoms with Gasteiger partial charge in [-0.25, -0.2) is 0 Å². The first-order chi connectivity index (χ1) is 6.49. The van der Waals surface area contributed by atoms with Crippen LogP contribution in [0.15, 0.2) is 0 Å². The molecule has 0 aliphatic carbocycles. The van der Waals surface area contributed by atoms with Crippen LogP contribution in [0.25, 0.3) is 0 Å². The normalized spacial score (nSPS) is 13.1. The Morgan fingerprint density at radius 2 is 1.27 bits per heavy atom. The molecular weight excluding hydrogens is 244 g/mol. The van der Waals surface area contributed by atoms with Crippen LogP contribution in [-0.4, -0.2) is 32.1 Å². The monoisotopic (exact) mass is 266 g/mol. The molecule has 0 aromatic heterocycles. The van der Waals surface area contributed by atoms with E-state index in [4.69, 9.17) is 12.7 Å². The Balaban J connectivity index is 4.39. The molecule has 0 fully saturated rings. The van der Waals surface area contributed by atoms with Crippen molar-refractivity contribution in [3.8, 4) is 0 Å². The number of rotatable bonds is 5. The first kappa shape index (κ1) is 15.0. The highest BCUT2D eigenvalue weighted by Gasteiger charge is 2.32. The van der Waals surface area contributed by atoms with Crippen LogP contribution in [0.1, 0.15) is 6.92 Å². The van der Waals surface area contributed by atoms with E-state index in [1.54, 1.807) is 0 Å². The van der Waals surface area contributed by atoms with E-state index in [1.807, 2.05) is 0 Å². The van der Waals surface area contributed by atoms with Crippen molar-refractivity contribution >= 4 is 32.1 Å². The second-order valence-electron chi connectivity index (χ2n) is 5.36. The fraction of sp³-hybridized carbons (Fsp3) is 0.875. The molecule has 15 heavy (non-hydrogen) atoms. The summed E-state index contributed by atoms with van der Waals surface area (Å²) in [4.78, 5) is 10.9. The Morgan fingerprint density at radius 3 is 1.47 bits per heavy atom. The van der Waals surface area contributed by atoms with E-state index < -0.39 is 26.2 Å². The van der Waals surface area contributed by atoms with Gasteiger partial charge in [0, 0.05) is 6.92 Å². The Kier molecular flexibility index (Phi) is 5.41. The van der Waals surface area contributed by atoms with Crippen molar-refractivity contribution in [1.82, 2.24) is 0 Å². The van der Waals surface area contributed by atoms with Gasteiger partial charge in [-0.1, -0.05) is 0 Å². The van der Waals surface area contributed by atoms with E-state index in [0.717, 1.165) is 0 Å². The summed E-state index contributed by atoms with van der Waals surface area (Å²) in [6.07, 6.45) is 0. The first-order valence-corrected chi connectivity index (χ1v) is 13.3. The van der Waals surface area contributed by atoms with Crippen molar-refractivity contribution in [2.75, 3.05) is 0 Å². The topological polar surface area (TPSA) is 44.8 Å². The van der Waals surface area contributed by atoms with Crippen LogP contribution in [0.2, 0.25) is 39.3 Å². The van der Waals surface area contributed by atoms with E-state index >= 15 is 0 Å². The molecule has 0 saturated heterocycles. The molecule has 0 heterocycles. The van der Waals surface area contributed by atoms with Crippen molar-refractivity contribution < 1.29 is 17.5 Å². The van der Waals surface area contributed by atoms with E-state index in [2.05, 4.69) is 39.3 Å². The number of hydrogen-bond acceptors (Lipinski definition) is 4. The van der Waals surface area contributed by atoms with Gasteiger partial charge in [0.05, 0.1) is 0 Å². The molecule has 0 bridgehead atoms. The van der Waals surface area contributed by atoms with E-state index in [1.165, 1.54) is 6.92 Å². The molecule has 0 aromatic rings. The van der Waals surface area contributed by atoms with Gasteiger partial charge in [0.1, 0.15) is 0 Å². The molecule has 0 rings (SSSR count). The molecule has 0 unspecified atom stereocenters. The highest BCUT2D eigenvalue weighted by atomic mass is 28.5. The summed E-state index contributed by atoms with van der Waals surface area (Å²) in [7, 11) is -5.68. The summed E-state index contributed by atoms with van der Waals surface area (Å²) in [5, 5.41) is 0. The summed E-state index contributed by atoms with van der Waals surface area (Å²) >= 11 is 0. The van der Waals surface area contributed by atoms with Crippen LogP contribution in [0.4, 0.5) is 0 Å². The second-order valence-corrected chi connectivity index (χ2v) is 16.5. The van der Waals surface area contributed by atoms with E-state index in [9.17, 15) is 4.79 Å². The molecule has 0 amide bonds. The summed E-state index contributed by atoms with van der Waals surface area (Å²) < 4.78 is 16.7. The standard InChI is InChI=1S/C8H22O4Si3/c1-8(9)10-13(11-14(2,3)4)12-15(5,6)7/h13H,1-7H3. The molecule has 0 radical (unpaired) electrons. The van der Waals surface area contributed by atoms with Crippen molar-refractivity contribution in [2.45, 2.75) is 46.2 Å². The van der Waals surface area contributed by atoms with Crippen LogP contribution >= 0.6 is 0 Å². The van der Waals surface area contributed by atoms with Crippen LogP contribution in [-0.2, 0) is 17.5 Å². The lowest BCUT2D eigenvalue weighted by Crippen LogP contribution is -2.45. The third-order valence-corrected chi connectivity index (χ3v) is 8.88. The smallest absolute Gasteiger partial charge is 0.477 e. The number of carbonyl (C=O) groups excluding carboxylic acids is 1. The molecular formula is C8H22O4Si3. The van der Waals surface area contributed by atoms with Gasteiger partial charge in [-0.15, -0.1) is 0 Å². The van der Waals surface area contributed by atoms with E-state index in [0.29, 0.717) is 0 Å². The van der Waals surface area contributed by atoms with Gasteiger partial charge in [0.25, 0.3) is 5.97 Å². The molecule has 7 heteroatoms. The summed E-state index contributed by atoms with van der Waals surface area (Å²) in [6, 6.07) is 0. The first-order valence-electron chi connectivity index (χ1n) is 5.02. The lowest BCUT2D eigenvalue weighted by atomic mass is 10.9. The third-order valence-electron chi connectivity index (χ3n) is 1.16. The van der Waals surface area contributed by atoms with Crippen molar-refractivity contribution in [2.24, 2.45) is 0 Å². The average molecular weight is 267 g/mol. The fourth-order valence-corrected chi connectivity index (χ4v) is 6.69. The molecule has 0 saturated carbocycles. The molecule has 0 spiro atoms. The lowest BCUT2D eigenvalue weighted by Gasteiger charge is -2.28. The predicted octanol–water partition coefficient (Wildman–Crippen LogP) is 1.97. The lowest BCUT2D eigenvalue weighted by molar-refractivity contribution is -0.134. The van der Waals surface area contributed by atoms with Gasteiger partial charge in [-0.3, -0.25) is 4.79 Å². The van der Waals surface area contributed by atoms with Crippen LogP contribution in [0.3, 0.4) is 0 Å². The minimum Gasteiger partial charge on any atom is -0.477 e. The zero-order valence-corrected chi connectivity index (χ0v) is 13.9. The van der Waals surface area contributed by atoms with Gasteiger partial charge in [-0.2, -0.15) is 0 Å². The van der Waals surface area contributed by atoms with Gasteiger partial charge < -0.3 is 12.7 Å². The largest absolute Gasteiger partial charge is 0.530 e. The number of carbonyl (C=O) groups is 1. The van der Waals surface area contributed by atoms with Crippen molar-refractivity contribution in [3.63, 3.8) is 0 Å². The summed E-state index contributed by atoms with van der Waals surface area (Å²) in [5.41, 5.74) is 0. The Labute approximate surface area is 96.2 Å². The highest BCUT2D eigenvalue weighted by molar-refractivity contribution is 6.79. The summed E-state index contributed by atoms with van der Waals surface area (Å²) in [6.45, 7) is 13.7. The van der Waals surface area contributed by atoms with Gasteiger partial charge >= 0.3 is 9.53 Å². The maximum Gasteiger partial charge on any atom is 0.530 e.